The second kappa shape index (κ2) is 8.79. The van der Waals surface area contributed by atoms with E-state index < -0.39 is 11.3 Å². The molecule has 6 atom stereocenters. The van der Waals surface area contributed by atoms with E-state index in [2.05, 4.69) is 11.9 Å². The molecule has 4 aliphatic rings. The Morgan fingerprint density at radius 2 is 1.45 bits per heavy atom. The summed E-state index contributed by atoms with van der Waals surface area (Å²) in [5.41, 5.74) is 3.76. The molecule has 194 valence electrons. The number of piperidine rings is 1. The molecule has 0 spiro atoms. The summed E-state index contributed by atoms with van der Waals surface area (Å²) < 4.78 is 17.9. The minimum Gasteiger partial charge on any atom is -0.463 e. The largest absolute Gasteiger partial charge is 0.463 e. The van der Waals surface area contributed by atoms with Gasteiger partial charge in [-0.2, -0.15) is 0 Å². The Labute approximate surface area is 222 Å². The molecule has 0 radical (unpaired) electrons. The van der Waals surface area contributed by atoms with Gasteiger partial charge in [0.25, 0.3) is 0 Å². The third kappa shape index (κ3) is 3.54. The van der Waals surface area contributed by atoms with Gasteiger partial charge in [0.2, 0.25) is 0 Å². The fourth-order valence-electron chi connectivity index (χ4n) is 7.01. The first-order valence-electron chi connectivity index (χ1n) is 13.5. The van der Waals surface area contributed by atoms with Crippen molar-refractivity contribution in [1.29, 1.82) is 0 Å². The predicted molar refractivity (Wildman–Crippen MR) is 142 cm³/mol. The van der Waals surface area contributed by atoms with Crippen LogP contribution in [-0.2, 0) is 29.2 Å². The normalized spacial score (nSPS) is 28.5. The molecule has 3 heterocycles. The number of nitrogens with zero attached hydrogens (tertiary/aromatic N) is 1. The lowest BCUT2D eigenvalue weighted by Gasteiger charge is -2.38. The minimum atomic E-state index is -0.952. The highest BCUT2D eigenvalue weighted by Gasteiger charge is 2.63. The number of likely N-dealkylation sites (N-methyl/N-ethyl adjacent to an activating group) is 1. The number of rotatable bonds is 6. The maximum Gasteiger partial charge on any atom is 0.320 e. The highest BCUT2D eigenvalue weighted by Crippen LogP contribution is 2.50. The number of benzene rings is 3. The molecule has 3 saturated heterocycles. The van der Waals surface area contributed by atoms with Gasteiger partial charge in [0.1, 0.15) is 36.3 Å². The molecule has 0 N–H and O–H groups in total. The van der Waals surface area contributed by atoms with E-state index in [-0.39, 0.29) is 36.9 Å². The summed E-state index contributed by atoms with van der Waals surface area (Å²) in [6.45, 7) is 1.84. The SMILES string of the molecule is CN1C2CC(OC(=O)C(COC(=O)C3(C)c4ccccc4-c4ccccc43)c3ccccc3)CC1[C@@H]1O[C@H]21. The summed E-state index contributed by atoms with van der Waals surface area (Å²) in [6, 6.07) is 26.0. The van der Waals surface area contributed by atoms with Gasteiger partial charge in [-0.25, -0.2) is 0 Å². The van der Waals surface area contributed by atoms with Gasteiger partial charge in [-0.05, 0) is 41.8 Å². The van der Waals surface area contributed by atoms with Gasteiger partial charge >= 0.3 is 11.9 Å². The molecule has 6 heteroatoms. The first kappa shape index (κ1) is 23.6. The zero-order valence-electron chi connectivity index (χ0n) is 21.6. The molecule has 3 aromatic carbocycles. The number of epoxide rings is 1. The smallest absolute Gasteiger partial charge is 0.320 e. The number of hydrogen-bond donors (Lipinski definition) is 0. The molecule has 3 fully saturated rings. The zero-order chi connectivity index (χ0) is 26.0. The molecule has 0 amide bonds. The Balaban J connectivity index is 1.11. The van der Waals surface area contributed by atoms with E-state index in [1.54, 1.807) is 0 Å². The molecule has 4 unspecified atom stereocenters. The highest BCUT2D eigenvalue weighted by atomic mass is 16.6. The van der Waals surface area contributed by atoms with Crippen molar-refractivity contribution in [1.82, 2.24) is 4.90 Å². The molecular formula is C32H31NO5. The number of esters is 2. The molecule has 6 nitrogen and oxygen atoms in total. The van der Waals surface area contributed by atoms with Gasteiger partial charge < -0.3 is 14.2 Å². The number of fused-ring (bicyclic) bond motifs is 8. The summed E-state index contributed by atoms with van der Waals surface area (Å²) in [5, 5.41) is 0. The van der Waals surface area contributed by atoms with Crippen LogP contribution in [0.2, 0.25) is 0 Å². The molecule has 38 heavy (non-hydrogen) atoms. The maximum absolute atomic E-state index is 13.8. The van der Waals surface area contributed by atoms with E-state index in [0.717, 1.165) is 40.7 Å². The van der Waals surface area contributed by atoms with Crippen molar-refractivity contribution in [2.75, 3.05) is 13.7 Å². The molecule has 2 bridgehead atoms. The number of ether oxygens (including phenoxy) is 3. The Morgan fingerprint density at radius 1 is 0.895 bits per heavy atom. The maximum atomic E-state index is 13.8. The van der Waals surface area contributed by atoms with Crippen molar-refractivity contribution in [2.45, 2.75) is 61.5 Å². The van der Waals surface area contributed by atoms with Crippen molar-refractivity contribution >= 4 is 11.9 Å². The summed E-state index contributed by atoms with van der Waals surface area (Å²) in [7, 11) is 2.13. The minimum absolute atomic E-state index is 0.0740. The van der Waals surface area contributed by atoms with Crippen molar-refractivity contribution in [3.8, 4) is 11.1 Å². The average molecular weight is 510 g/mol. The van der Waals surface area contributed by atoms with Crippen LogP contribution in [0.15, 0.2) is 78.9 Å². The van der Waals surface area contributed by atoms with Crippen LogP contribution in [0.5, 0.6) is 0 Å². The lowest BCUT2D eigenvalue weighted by Crippen LogP contribution is -2.48. The number of carbonyl (C=O) groups is 2. The fraction of sp³-hybridized carbons (Fsp3) is 0.375. The van der Waals surface area contributed by atoms with Crippen LogP contribution >= 0.6 is 0 Å². The lowest BCUT2D eigenvalue weighted by atomic mass is 9.80. The number of morpholine rings is 1. The third-order valence-corrected chi connectivity index (χ3v) is 9.16. The van der Waals surface area contributed by atoms with Crippen molar-refractivity contribution in [3.05, 3.63) is 95.6 Å². The van der Waals surface area contributed by atoms with Gasteiger partial charge in [0, 0.05) is 24.9 Å². The Morgan fingerprint density at radius 3 is 2.05 bits per heavy atom. The topological polar surface area (TPSA) is 68.4 Å². The summed E-state index contributed by atoms with van der Waals surface area (Å²) in [4.78, 5) is 29.8. The highest BCUT2D eigenvalue weighted by molar-refractivity contribution is 5.97. The molecule has 3 aromatic rings. The van der Waals surface area contributed by atoms with Crippen LogP contribution in [0.25, 0.3) is 11.1 Å². The summed E-state index contributed by atoms with van der Waals surface area (Å²) in [6.07, 6.45) is 1.94. The third-order valence-electron chi connectivity index (χ3n) is 9.16. The van der Waals surface area contributed by atoms with Gasteiger partial charge in [-0.15, -0.1) is 0 Å². The van der Waals surface area contributed by atoms with E-state index in [9.17, 15) is 9.59 Å². The quantitative estimate of drug-likeness (QED) is 0.361. The van der Waals surface area contributed by atoms with Crippen LogP contribution in [0.1, 0.15) is 42.4 Å². The molecule has 1 aliphatic carbocycles. The van der Waals surface area contributed by atoms with E-state index in [4.69, 9.17) is 14.2 Å². The van der Waals surface area contributed by atoms with E-state index in [0.29, 0.717) is 12.1 Å². The molecular weight excluding hydrogens is 478 g/mol. The van der Waals surface area contributed by atoms with Gasteiger partial charge in [0.05, 0.1) is 0 Å². The first-order valence-corrected chi connectivity index (χ1v) is 13.5. The van der Waals surface area contributed by atoms with Crippen LogP contribution in [0, 0.1) is 0 Å². The fourth-order valence-corrected chi connectivity index (χ4v) is 7.01. The summed E-state index contributed by atoms with van der Waals surface area (Å²) >= 11 is 0. The van der Waals surface area contributed by atoms with Crippen molar-refractivity contribution in [2.24, 2.45) is 0 Å². The predicted octanol–water partition coefficient (Wildman–Crippen LogP) is 4.46. The van der Waals surface area contributed by atoms with E-state index in [1.165, 1.54) is 0 Å². The number of carbonyl (C=O) groups excluding carboxylic acids is 2. The first-order chi connectivity index (χ1) is 18.5. The van der Waals surface area contributed by atoms with Gasteiger partial charge in [-0.3, -0.25) is 14.5 Å². The summed E-state index contributed by atoms with van der Waals surface area (Å²) in [5.74, 6) is -1.40. The standard InChI is InChI=1S/C32H31NO5/c1-32(24-14-8-6-12-21(24)22-13-7-9-15-25(22)32)31(35)36-18-23(19-10-4-3-5-11-19)30(34)37-20-16-26-28-29(38-28)27(17-20)33(26)2/h3-15,20,23,26-29H,16-18H2,1-2H3/t20?,23?,26?,27?,28-,29+. The lowest BCUT2D eigenvalue weighted by molar-refractivity contribution is -0.160. The Kier molecular flexibility index (Phi) is 5.46. The van der Waals surface area contributed by atoms with Crippen LogP contribution in [0.4, 0.5) is 0 Å². The van der Waals surface area contributed by atoms with E-state index >= 15 is 0 Å². The number of hydrogen-bond acceptors (Lipinski definition) is 6. The van der Waals surface area contributed by atoms with Crippen LogP contribution < -0.4 is 0 Å². The monoisotopic (exact) mass is 509 g/mol. The Bertz CT molecular complexity index is 1340. The average Bonchev–Trinajstić information content (AvgIpc) is 3.66. The molecule has 0 saturated carbocycles. The van der Waals surface area contributed by atoms with Crippen molar-refractivity contribution < 1.29 is 23.8 Å². The van der Waals surface area contributed by atoms with Crippen molar-refractivity contribution in [3.63, 3.8) is 0 Å². The molecule has 7 rings (SSSR count). The Hall–Kier alpha value is -3.48. The van der Waals surface area contributed by atoms with Gasteiger partial charge in [0.15, 0.2) is 0 Å². The molecule has 3 aliphatic heterocycles. The van der Waals surface area contributed by atoms with Crippen LogP contribution in [0.3, 0.4) is 0 Å². The molecule has 0 aromatic heterocycles. The van der Waals surface area contributed by atoms with Crippen LogP contribution in [-0.4, -0.2) is 60.9 Å². The van der Waals surface area contributed by atoms with Gasteiger partial charge in [-0.1, -0.05) is 78.9 Å². The second-order valence-corrected chi connectivity index (χ2v) is 11.2. The zero-order valence-corrected chi connectivity index (χ0v) is 21.6. The van der Waals surface area contributed by atoms with E-state index in [1.807, 2.05) is 85.8 Å². The second-order valence-electron chi connectivity index (χ2n) is 11.2.